The molecule has 0 radical (unpaired) electrons. The third-order valence-corrected chi connectivity index (χ3v) is 15.9. The summed E-state index contributed by atoms with van der Waals surface area (Å²) >= 11 is 0. The van der Waals surface area contributed by atoms with Gasteiger partial charge in [-0.3, -0.25) is 67.7 Å². The van der Waals surface area contributed by atoms with Crippen LogP contribution in [0.1, 0.15) is 174 Å². The van der Waals surface area contributed by atoms with E-state index in [1.807, 2.05) is 0 Å². The van der Waals surface area contributed by atoms with Gasteiger partial charge < -0.3 is 114 Å². The van der Waals surface area contributed by atoms with Crippen LogP contribution in [0.3, 0.4) is 0 Å². The molecule has 602 valence electrons. The zero-order valence-corrected chi connectivity index (χ0v) is 61.4. The number of aliphatic carboxylic acids is 1. The van der Waals surface area contributed by atoms with E-state index in [0.717, 1.165) is 25.7 Å². The smallest absolute Gasteiger partial charge is 0.490 e. The van der Waals surface area contributed by atoms with E-state index >= 15 is 0 Å². The zero-order chi connectivity index (χ0) is 80.4. The number of aromatic hydroxyl groups is 1. The normalized spacial score (nSPS) is 13.2. The molecule has 0 spiro atoms. The van der Waals surface area contributed by atoms with Crippen molar-refractivity contribution in [2.45, 2.75) is 230 Å². The molecule has 0 aliphatic heterocycles. The number of aromatic nitrogens is 2. The number of aliphatic hydroxyl groups is 1. The van der Waals surface area contributed by atoms with Crippen molar-refractivity contribution < 1.29 is 86.0 Å². The first-order valence-electron chi connectivity index (χ1n) is 35.6. The molecule has 0 aliphatic rings. The van der Waals surface area contributed by atoms with Gasteiger partial charge in [-0.1, -0.05) is 110 Å². The minimum Gasteiger partial charge on any atom is -0.508 e. The number of H-pyrrole nitrogens is 1. The van der Waals surface area contributed by atoms with Gasteiger partial charge in [0.2, 0.25) is 65.0 Å². The molecule has 2 rings (SSSR count). The summed E-state index contributed by atoms with van der Waals surface area (Å²) in [6.07, 6.45) is 12.4. The highest BCUT2D eigenvalue weighted by Gasteiger charge is 2.38. The number of carbonyl (C=O) groups is 12. The Morgan fingerprint density at radius 3 is 1.32 bits per heavy atom. The van der Waals surface area contributed by atoms with Gasteiger partial charge in [0.15, 0.2) is 17.9 Å². The highest BCUT2D eigenvalue weighted by atomic mass is 19.4. The maximum absolute atomic E-state index is 14.5. The molecule has 8 atom stereocenters. The Morgan fingerprint density at radius 1 is 0.486 bits per heavy atom. The van der Waals surface area contributed by atoms with Crippen LogP contribution in [-0.2, 0) is 70.4 Å². The number of alkyl halides is 3. The number of hydrogen-bond donors (Lipinski definition) is 21. The number of hydrogen-bond acceptors (Lipinski definition) is 18. The molecule has 2 aromatic rings. The van der Waals surface area contributed by atoms with Crippen LogP contribution in [0.4, 0.5) is 13.2 Å². The second kappa shape index (κ2) is 53.2. The van der Waals surface area contributed by atoms with Gasteiger partial charge in [0, 0.05) is 50.8 Å². The lowest BCUT2D eigenvalue weighted by Crippen LogP contribution is -2.59. The summed E-state index contributed by atoms with van der Waals surface area (Å²) in [5, 5.41) is 52.6. The van der Waals surface area contributed by atoms with Crippen LogP contribution in [0, 0.1) is 5.92 Å². The van der Waals surface area contributed by atoms with Crippen molar-refractivity contribution in [3.8, 4) is 5.75 Å². The number of unbranched alkanes of at least 4 members (excludes halogenated alkanes) is 12. The quantitative estimate of drug-likeness (QED) is 0.0190. The van der Waals surface area contributed by atoms with Crippen LogP contribution in [-0.4, -0.2) is 208 Å². The Balaban J connectivity index is 0.00000775. The monoisotopic (exact) mass is 1520 g/mol. The molecular weight excluding hydrogens is 1410 g/mol. The van der Waals surface area contributed by atoms with E-state index in [0.29, 0.717) is 17.7 Å². The number of imidazole rings is 1. The molecule has 0 saturated carbocycles. The lowest BCUT2D eigenvalue weighted by atomic mass is 10.0. The highest BCUT2D eigenvalue weighted by Crippen LogP contribution is 2.17. The summed E-state index contributed by atoms with van der Waals surface area (Å²) < 4.78 is 31.7. The van der Waals surface area contributed by atoms with E-state index in [-0.39, 0.29) is 113 Å². The SMILES string of the molecule is CCCCCCCCCCCCCCCC(=O)N[C@@H](CO)C(=O)NCC(=O)N[C@@H](CCCN=C(N)N)C(=O)N[C@@H](CCCN=C(N)N)C(=O)N[C@@H](Cc1ccc(O)cc1)C(=O)NCC(=O)N[C@@H](Cc1cnc[nH]1)C(=O)N[C@@H](C)C(=O)N[C@@H](CC(C)C)C(=O)N[C@@H](CCCN=C(N)N)C(N)=O.O=C(O)C(F)(F)F. The lowest BCUT2D eigenvalue weighted by molar-refractivity contribution is -0.192. The summed E-state index contributed by atoms with van der Waals surface area (Å²) in [6.45, 7) is 5.03. The maximum atomic E-state index is 14.5. The summed E-state index contributed by atoms with van der Waals surface area (Å²) in [4.78, 5) is 177. The highest BCUT2D eigenvalue weighted by molar-refractivity contribution is 5.98. The molecule has 0 saturated heterocycles. The van der Waals surface area contributed by atoms with Gasteiger partial charge in [0.05, 0.1) is 26.0 Å². The zero-order valence-electron chi connectivity index (χ0n) is 61.4. The molecule has 107 heavy (non-hydrogen) atoms. The predicted octanol–water partition coefficient (Wildman–Crippen LogP) is -2.17. The van der Waals surface area contributed by atoms with E-state index < -0.39 is 145 Å². The van der Waals surface area contributed by atoms with Gasteiger partial charge in [-0.2, -0.15) is 13.2 Å². The molecule has 37 nitrogen and oxygen atoms in total. The standard InChI is InChI=1S/C65H112N22O13.C2HF3O2/c1-5-6-7-8-9-10-11-12-13-14-15-16-17-24-52(90)83-51(38-88)58(96)78-36-53(91)81-46(22-19-30-75-64(69)70)59(97)85-47(23-20-31-76-65(71)72)60(98)87-49(33-42-25-27-44(89)28-26-42)57(95)77-37-54(92)82-50(34-43-35-73-39-79-43)61(99)80-41(4)56(94)86-48(32-40(2)3)62(100)84-45(55(66)93)21-18-29-74-63(67)68;3-2(4,5)1(6)7/h25-28,35,39-41,45-51,88-89H,5-24,29-34,36-38H2,1-4H3,(H2,66,93)(H,73,79)(H,77,95)(H,78,96)(H,80,99)(H,81,91)(H,82,92)(H,83,90)(H,84,100)(H,85,97)(H,86,94)(H,87,98)(H4,67,68,74)(H4,69,70,75)(H4,71,72,76);(H,6,7)/t41-,45-,46-,47-,48-,49-,50-,51-;/m0./s1. The molecule has 28 N–H and O–H groups in total. The average Bonchev–Trinajstić information content (AvgIpc) is 1.18. The number of aromatic amines is 1. The van der Waals surface area contributed by atoms with Crippen LogP contribution < -0.4 is 93.3 Å². The minimum absolute atomic E-state index is 0.0114. The Kier molecular flexibility index (Phi) is 47.0. The molecule has 0 bridgehead atoms. The van der Waals surface area contributed by atoms with Crippen LogP contribution in [0.15, 0.2) is 51.8 Å². The summed E-state index contributed by atoms with van der Waals surface area (Å²) in [6, 6.07) is -5.18. The van der Waals surface area contributed by atoms with Gasteiger partial charge in [0.1, 0.15) is 54.1 Å². The third kappa shape index (κ3) is 44.8. The number of nitrogens with zero attached hydrogens (tertiary/aromatic N) is 4. The number of amides is 11. The number of primary amides is 1. The second-order valence-corrected chi connectivity index (χ2v) is 25.8. The van der Waals surface area contributed by atoms with E-state index in [1.54, 1.807) is 13.8 Å². The van der Waals surface area contributed by atoms with Crippen LogP contribution >= 0.6 is 0 Å². The lowest BCUT2D eigenvalue weighted by Gasteiger charge is -2.26. The van der Waals surface area contributed by atoms with Crippen LogP contribution in [0.5, 0.6) is 5.75 Å². The van der Waals surface area contributed by atoms with E-state index in [2.05, 4.69) is 85.0 Å². The number of carboxylic acid groups (broad SMARTS) is 1. The number of aliphatic imine (C=N–C) groups is 3. The number of carboxylic acids is 1. The number of nitrogens with one attached hydrogen (secondary N) is 11. The van der Waals surface area contributed by atoms with Crippen molar-refractivity contribution in [2.75, 3.05) is 39.3 Å². The largest absolute Gasteiger partial charge is 0.508 e. The van der Waals surface area contributed by atoms with Crippen molar-refractivity contribution in [3.05, 3.63) is 48.0 Å². The van der Waals surface area contributed by atoms with Crippen molar-refractivity contribution in [3.63, 3.8) is 0 Å². The van der Waals surface area contributed by atoms with Gasteiger partial charge in [-0.05, 0) is 81.9 Å². The van der Waals surface area contributed by atoms with E-state index in [9.17, 15) is 76.1 Å². The number of carbonyl (C=O) groups excluding carboxylic acids is 11. The fraction of sp³-hybridized carbons (Fsp3) is 0.642. The fourth-order valence-electron chi connectivity index (χ4n) is 10.3. The van der Waals surface area contributed by atoms with E-state index in [1.165, 1.54) is 95.1 Å². The average molecular weight is 1520 g/mol. The Bertz CT molecular complexity index is 3170. The van der Waals surface area contributed by atoms with Crippen molar-refractivity contribution in [2.24, 2.45) is 61.0 Å². The Morgan fingerprint density at radius 2 is 0.879 bits per heavy atom. The van der Waals surface area contributed by atoms with Gasteiger partial charge >= 0.3 is 12.1 Å². The molecule has 1 aromatic heterocycles. The number of benzene rings is 1. The first-order chi connectivity index (χ1) is 50.6. The van der Waals surface area contributed by atoms with Gasteiger partial charge in [0.25, 0.3) is 0 Å². The first-order valence-corrected chi connectivity index (χ1v) is 35.6. The summed E-state index contributed by atoms with van der Waals surface area (Å²) in [5.74, 6) is -12.8. The van der Waals surface area contributed by atoms with E-state index in [4.69, 9.17) is 50.0 Å². The molecule has 0 fully saturated rings. The summed E-state index contributed by atoms with van der Waals surface area (Å²) in [5.41, 5.74) is 39.3. The number of halogens is 3. The molecule has 1 aromatic carbocycles. The van der Waals surface area contributed by atoms with Crippen molar-refractivity contribution >= 4 is 88.8 Å². The van der Waals surface area contributed by atoms with Gasteiger partial charge in [-0.25, -0.2) is 9.78 Å². The molecule has 0 unspecified atom stereocenters. The molecule has 0 aliphatic carbocycles. The molecule has 11 amide bonds. The Hall–Kier alpha value is -10.6. The summed E-state index contributed by atoms with van der Waals surface area (Å²) in [7, 11) is 0. The molecular formula is C67H113F3N22O15. The number of phenols is 1. The topological polar surface area (TPSA) is 634 Å². The number of rotatable bonds is 53. The number of aliphatic hydroxyl groups excluding tert-OH is 1. The second-order valence-electron chi connectivity index (χ2n) is 25.8. The molecule has 1 heterocycles. The minimum atomic E-state index is -5.08. The van der Waals surface area contributed by atoms with Crippen molar-refractivity contribution in [1.29, 1.82) is 0 Å². The number of phenolic OH excluding ortho intramolecular Hbond substituents is 1. The van der Waals surface area contributed by atoms with Gasteiger partial charge in [-0.15, -0.1) is 0 Å². The van der Waals surface area contributed by atoms with Crippen molar-refractivity contribution in [1.82, 2.24) is 63.1 Å². The predicted molar refractivity (Wildman–Crippen MR) is 391 cm³/mol. The number of guanidine groups is 3. The number of nitrogens with two attached hydrogens (primary N) is 7. The Labute approximate surface area is 619 Å². The maximum Gasteiger partial charge on any atom is 0.490 e. The third-order valence-electron chi connectivity index (χ3n) is 15.9. The fourth-order valence-corrected chi connectivity index (χ4v) is 10.3. The first kappa shape index (κ1) is 94.4. The van der Waals surface area contributed by atoms with Crippen LogP contribution in [0.25, 0.3) is 0 Å². The molecule has 40 heteroatoms. The van der Waals surface area contributed by atoms with Crippen LogP contribution in [0.2, 0.25) is 0 Å².